The molecule has 3 rings (SSSR count). The van der Waals surface area contributed by atoms with Gasteiger partial charge in [0, 0.05) is 6.04 Å². The maximum absolute atomic E-state index is 12.1. The normalized spacial score (nSPS) is 11.1. The number of aryl methyl sites for hydroxylation is 1. The number of carbonyl (C=O) groups is 1. The largest absolute Gasteiger partial charge is 0.497 e. The smallest absolute Gasteiger partial charge is 0.230 e. The predicted octanol–water partition coefficient (Wildman–Crippen LogP) is 3.90. The number of amides is 1. The predicted molar refractivity (Wildman–Crippen MR) is 122 cm³/mol. The second kappa shape index (κ2) is 13.2. The molecule has 0 aliphatic carbocycles. The number of nitrogens with one attached hydrogen (secondary N) is 2. The Labute approximate surface area is 186 Å². The lowest BCUT2D eigenvalue weighted by Crippen LogP contribution is -2.17. The van der Waals surface area contributed by atoms with Gasteiger partial charge in [0.1, 0.15) is 12.1 Å². The molecule has 1 amide bonds. The monoisotopic (exact) mass is 443 g/mol. The van der Waals surface area contributed by atoms with Crippen LogP contribution in [0.1, 0.15) is 44.4 Å². The number of nitrogens with zero attached hydrogens (tertiary/aromatic N) is 5. The van der Waals surface area contributed by atoms with Crippen LogP contribution in [0.4, 0.5) is 10.3 Å². The van der Waals surface area contributed by atoms with Crippen LogP contribution in [0.3, 0.4) is 0 Å². The zero-order valence-corrected chi connectivity index (χ0v) is 19.1. The lowest BCUT2D eigenvalue weighted by molar-refractivity contribution is -0.115. The van der Waals surface area contributed by atoms with E-state index in [9.17, 15) is 4.79 Å². The molecule has 1 atom stereocenters. The van der Waals surface area contributed by atoms with Crippen molar-refractivity contribution in [3.63, 3.8) is 0 Å². The molecule has 2 aromatic heterocycles. The molecule has 0 aliphatic rings. The molecule has 0 saturated carbocycles. The topological polar surface area (TPSA) is 115 Å². The number of hydrogen-bond acceptors (Lipinski definition) is 9. The number of benzene rings is 1. The van der Waals surface area contributed by atoms with Crippen molar-refractivity contribution in [1.82, 2.24) is 25.4 Å². The van der Waals surface area contributed by atoms with E-state index >= 15 is 0 Å². The van der Waals surface area contributed by atoms with Gasteiger partial charge in [-0.2, -0.15) is 5.10 Å². The molecule has 1 aromatic carbocycles. The Morgan fingerprint density at radius 2 is 2.00 bits per heavy atom. The summed E-state index contributed by atoms with van der Waals surface area (Å²) in [6, 6.07) is 7.86. The summed E-state index contributed by atoms with van der Waals surface area (Å²) < 4.78 is 5.17. The number of anilines is 2. The van der Waals surface area contributed by atoms with Crippen LogP contribution in [0.2, 0.25) is 0 Å². The molecular weight excluding hydrogens is 414 g/mol. The Morgan fingerprint density at radius 3 is 2.61 bits per heavy atom. The third-order valence-corrected chi connectivity index (χ3v) is 4.99. The summed E-state index contributed by atoms with van der Waals surface area (Å²) in [7, 11) is 1.61. The molecule has 0 radical (unpaired) electrons. The molecule has 31 heavy (non-hydrogen) atoms. The average Bonchev–Trinajstić information content (AvgIpc) is 3.21. The van der Waals surface area contributed by atoms with E-state index in [4.69, 9.17) is 4.74 Å². The first-order chi connectivity index (χ1) is 15.0. The van der Waals surface area contributed by atoms with Gasteiger partial charge in [-0.1, -0.05) is 43.7 Å². The third kappa shape index (κ3) is 9.04. The lowest BCUT2D eigenvalue weighted by Gasteiger charge is -2.13. The standard InChI is InChI=1S/C17H24N4O2S.C4H5N3/c1-4-7-13(5-2)18-16-20-21-17(24-16)19-15(22)11-12-8-6-9-14(10-12)23-3;1-4-2-5-3-6-7-4/h6,8-10,13H,4-5,7,11H2,1-3H3,(H,18,20)(H,19,21,22);2-3H,1H3. The zero-order valence-electron chi connectivity index (χ0n) is 18.3. The van der Waals surface area contributed by atoms with Gasteiger partial charge >= 0.3 is 0 Å². The van der Waals surface area contributed by atoms with Gasteiger partial charge < -0.3 is 15.4 Å². The molecule has 0 fully saturated rings. The van der Waals surface area contributed by atoms with Crippen LogP contribution in [-0.4, -0.2) is 44.4 Å². The van der Waals surface area contributed by atoms with Crippen molar-refractivity contribution in [2.75, 3.05) is 17.7 Å². The van der Waals surface area contributed by atoms with E-state index in [1.54, 1.807) is 13.3 Å². The Balaban J connectivity index is 0.000000412. The van der Waals surface area contributed by atoms with Gasteiger partial charge in [0.15, 0.2) is 0 Å². The van der Waals surface area contributed by atoms with E-state index in [-0.39, 0.29) is 12.3 Å². The van der Waals surface area contributed by atoms with Gasteiger partial charge in [-0.3, -0.25) is 4.79 Å². The van der Waals surface area contributed by atoms with Gasteiger partial charge in [-0.05, 0) is 37.5 Å². The van der Waals surface area contributed by atoms with Crippen molar-refractivity contribution in [1.29, 1.82) is 0 Å². The van der Waals surface area contributed by atoms with E-state index in [1.165, 1.54) is 17.7 Å². The minimum absolute atomic E-state index is 0.119. The van der Waals surface area contributed by atoms with Crippen LogP contribution in [0.25, 0.3) is 0 Å². The van der Waals surface area contributed by atoms with E-state index in [0.717, 1.165) is 41.4 Å². The van der Waals surface area contributed by atoms with Crippen molar-refractivity contribution >= 4 is 27.5 Å². The van der Waals surface area contributed by atoms with Crippen LogP contribution in [0.15, 0.2) is 36.8 Å². The van der Waals surface area contributed by atoms with E-state index in [0.29, 0.717) is 11.2 Å². The quantitative estimate of drug-likeness (QED) is 0.512. The number of methoxy groups -OCH3 is 1. The molecule has 9 nitrogen and oxygen atoms in total. The van der Waals surface area contributed by atoms with Gasteiger partial charge in [-0.15, -0.1) is 15.3 Å². The van der Waals surface area contributed by atoms with Crippen LogP contribution in [0, 0.1) is 6.92 Å². The minimum Gasteiger partial charge on any atom is -0.497 e. The fourth-order valence-electron chi connectivity index (χ4n) is 2.68. The van der Waals surface area contributed by atoms with E-state index in [1.807, 2.05) is 31.2 Å². The summed E-state index contributed by atoms with van der Waals surface area (Å²) in [5, 5.41) is 22.7. The van der Waals surface area contributed by atoms with Gasteiger partial charge in [0.05, 0.1) is 25.4 Å². The highest BCUT2D eigenvalue weighted by atomic mass is 32.1. The highest BCUT2D eigenvalue weighted by molar-refractivity contribution is 7.19. The highest BCUT2D eigenvalue weighted by Crippen LogP contribution is 2.22. The van der Waals surface area contributed by atoms with Crippen molar-refractivity contribution in [2.45, 2.75) is 52.5 Å². The summed E-state index contributed by atoms with van der Waals surface area (Å²) in [5.41, 5.74) is 1.74. The molecule has 0 spiro atoms. The van der Waals surface area contributed by atoms with E-state index < -0.39 is 0 Å². The van der Waals surface area contributed by atoms with E-state index in [2.05, 4.69) is 49.9 Å². The zero-order chi connectivity index (χ0) is 22.5. The third-order valence-electron chi connectivity index (χ3n) is 4.22. The fraction of sp³-hybridized carbons (Fsp3) is 0.429. The minimum atomic E-state index is -0.119. The number of hydrogen-bond donors (Lipinski definition) is 2. The number of rotatable bonds is 9. The first-order valence-electron chi connectivity index (χ1n) is 10.2. The van der Waals surface area contributed by atoms with Gasteiger partial charge in [0.2, 0.25) is 16.2 Å². The molecule has 2 N–H and O–H groups in total. The summed E-state index contributed by atoms with van der Waals surface area (Å²) in [5.74, 6) is 0.621. The molecule has 2 heterocycles. The second-order valence-corrected chi connectivity index (χ2v) is 7.76. The summed E-state index contributed by atoms with van der Waals surface area (Å²) in [6.45, 7) is 6.15. The first kappa shape index (κ1) is 24.1. The Kier molecular flexibility index (Phi) is 10.3. The molecule has 166 valence electrons. The van der Waals surface area contributed by atoms with Crippen LogP contribution in [0.5, 0.6) is 5.75 Å². The van der Waals surface area contributed by atoms with Crippen molar-refractivity contribution in [2.24, 2.45) is 0 Å². The number of ether oxygens (including phenoxy) is 1. The first-order valence-corrected chi connectivity index (χ1v) is 11.0. The molecular formula is C21H29N7O2S. The Morgan fingerprint density at radius 1 is 1.19 bits per heavy atom. The Hall–Kier alpha value is -3.14. The highest BCUT2D eigenvalue weighted by Gasteiger charge is 2.12. The van der Waals surface area contributed by atoms with Crippen LogP contribution in [-0.2, 0) is 11.2 Å². The van der Waals surface area contributed by atoms with Crippen molar-refractivity contribution < 1.29 is 9.53 Å². The molecule has 0 saturated heterocycles. The summed E-state index contributed by atoms with van der Waals surface area (Å²) in [6.07, 6.45) is 6.58. The molecule has 10 heteroatoms. The average molecular weight is 444 g/mol. The van der Waals surface area contributed by atoms with Crippen LogP contribution >= 0.6 is 11.3 Å². The molecule has 0 aliphatic heterocycles. The van der Waals surface area contributed by atoms with Gasteiger partial charge in [0.25, 0.3) is 0 Å². The number of carbonyl (C=O) groups excluding carboxylic acids is 1. The van der Waals surface area contributed by atoms with Crippen molar-refractivity contribution in [3.8, 4) is 5.75 Å². The summed E-state index contributed by atoms with van der Waals surface area (Å²) in [4.78, 5) is 15.8. The summed E-state index contributed by atoms with van der Waals surface area (Å²) >= 11 is 1.36. The fourth-order valence-corrected chi connectivity index (χ4v) is 3.42. The number of aromatic nitrogens is 5. The van der Waals surface area contributed by atoms with Crippen LogP contribution < -0.4 is 15.4 Å². The maximum Gasteiger partial charge on any atom is 0.230 e. The van der Waals surface area contributed by atoms with Crippen molar-refractivity contribution in [3.05, 3.63) is 48.0 Å². The maximum atomic E-state index is 12.1. The molecule has 0 bridgehead atoms. The Bertz CT molecular complexity index is 921. The lowest BCUT2D eigenvalue weighted by atomic mass is 10.1. The second-order valence-electron chi connectivity index (χ2n) is 6.78. The molecule has 1 unspecified atom stereocenters. The SMILES string of the molecule is CCCC(CC)Nc1nnc(NC(=O)Cc2cccc(OC)c2)s1.Cc1cncnn1. The molecule has 3 aromatic rings. The van der Waals surface area contributed by atoms with Gasteiger partial charge in [-0.25, -0.2) is 4.98 Å².